The molecule has 0 fully saturated rings. The molecule has 0 aromatic heterocycles. The second-order valence-electron chi connectivity index (χ2n) is 5.86. The van der Waals surface area contributed by atoms with E-state index in [0.29, 0.717) is 10.0 Å². The minimum Gasteiger partial charge on any atom is -0.309 e. The van der Waals surface area contributed by atoms with Crippen LogP contribution in [0.5, 0.6) is 0 Å². The average molecular weight is 342 g/mol. The summed E-state index contributed by atoms with van der Waals surface area (Å²) in [5.74, 6) is 0.233. The summed E-state index contributed by atoms with van der Waals surface area (Å²) in [7, 11) is 4.01. The van der Waals surface area contributed by atoms with Gasteiger partial charge in [-0.2, -0.15) is 0 Å². The van der Waals surface area contributed by atoms with Crippen molar-refractivity contribution >= 4 is 35.1 Å². The van der Waals surface area contributed by atoms with Crippen LogP contribution < -0.4 is 0 Å². The first-order chi connectivity index (χ1) is 10.4. The van der Waals surface area contributed by atoms with Crippen LogP contribution >= 0.6 is 23.2 Å². The van der Waals surface area contributed by atoms with Gasteiger partial charge in [0, 0.05) is 12.5 Å². The molecule has 22 heavy (non-hydrogen) atoms. The van der Waals surface area contributed by atoms with E-state index in [1.165, 1.54) is 12.8 Å². The molecule has 4 heteroatoms. The van der Waals surface area contributed by atoms with E-state index >= 15 is 0 Å². The highest BCUT2D eigenvalue weighted by atomic mass is 35.5. The lowest BCUT2D eigenvalue weighted by Gasteiger charge is -2.18. The summed E-state index contributed by atoms with van der Waals surface area (Å²) in [6, 6.07) is 5.37. The van der Waals surface area contributed by atoms with Crippen LogP contribution in [0.1, 0.15) is 38.2 Å². The standard InChI is InChI=1S/C18H25Cl2NO/c1-4-5-6-7-15(13-21(2)3)18(22)11-9-14-8-10-16(19)17(20)12-14/h8-12,15H,4-7,13H2,1-3H3/b11-9+. The Hall–Kier alpha value is -0.830. The highest BCUT2D eigenvalue weighted by Crippen LogP contribution is 2.23. The van der Waals surface area contributed by atoms with Crippen molar-refractivity contribution in [3.05, 3.63) is 39.9 Å². The van der Waals surface area contributed by atoms with Gasteiger partial charge in [0.25, 0.3) is 0 Å². The predicted molar refractivity (Wildman–Crippen MR) is 96.7 cm³/mol. The van der Waals surface area contributed by atoms with E-state index < -0.39 is 0 Å². The number of allylic oxidation sites excluding steroid dienone is 1. The van der Waals surface area contributed by atoms with Gasteiger partial charge in [-0.25, -0.2) is 0 Å². The molecule has 1 unspecified atom stereocenters. The third kappa shape index (κ3) is 6.95. The Kier molecular flexibility index (Phi) is 8.77. The number of ketones is 1. The van der Waals surface area contributed by atoms with Gasteiger partial charge in [-0.1, -0.05) is 61.5 Å². The Balaban J connectivity index is 2.71. The summed E-state index contributed by atoms with van der Waals surface area (Å²) in [5, 5.41) is 1.03. The van der Waals surface area contributed by atoms with Crippen LogP contribution in [0.2, 0.25) is 10.0 Å². The Bertz CT molecular complexity index is 512. The molecule has 0 aliphatic rings. The quantitative estimate of drug-likeness (QED) is 0.446. The number of rotatable bonds is 9. The van der Waals surface area contributed by atoms with Gasteiger partial charge in [0.1, 0.15) is 0 Å². The average Bonchev–Trinajstić information content (AvgIpc) is 2.47. The van der Waals surface area contributed by atoms with Gasteiger partial charge in [0.05, 0.1) is 10.0 Å². The van der Waals surface area contributed by atoms with Gasteiger partial charge >= 0.3 is 0 Å². The third-order valence-electron chi connectivity index (χ3n) is 3.53. The molecule has 122 valence electrons. The van der Waals surface area contributed by atoms with Crippen LogP contribution in [-0.4, -0.2) is 31.3 Å². The lowest BCUT2D eigenvalue weighted by atomic mass is 9.95. The normalized spacial score (nSPS) is 13.0. The fourth-order valence-electron chi connectivity index (χ4n) is 2.34. The first kappa shape index (κ1) is 19.2. The monoisotopic (exact) mass is 341 g/mol. The summed E-state index contributed by atoms with van der Waals surface area (Å²) in [4.78, 5) is 14.5. The van der Waals surface area contributed by atoms with E-state index in [4.69, 9.17) is 23.2 Å². The van der Waals surface area contributed by atoms with Crippen molar-refractivity contribution in [1.29, 1.82) is 0 Å². The summed E-state index contributed by atoms with van der Waals surface area (Å²) >= 11 is 11.9. The molecule has 0 radical (unpaired) electrons. The molecule has 2 nitrogen and oxygen atoms in total. The van der Waals surface area contributed by atoms with E-state index in [1.54, 1.807) is 18.2 Å². The minimum atomic E-state index is 0.0561. The van der Waals surface area contributed by atoms with Crippen LogP contribution in [0, 0.1) is 5.92 Å². The Morgan fingerprint density at radius 2 is 1.95 bits per heavy atom. The fourth-order valence-corrected chi connectivity index (χ4v) is 2.64. The molecule has 0 bridgehead atoms. The number of benzene rings is 1. The smallest absolute Gasteiger partial charge is 0.160 e. The van der Waals surface area contributed by atoms with Crippen LogP contribution in [0.25, 0.3) is 6.08 Å². The molecule has 0 N–H and O–H groups in total. The number of hydrogen-bond donors (Lipinski definition) is 0. The van der Waals surface area contributed by atoms with Gasteiger partial charge in [0.2, 0.25) is 0 Å². The summed E-state index contributed by atoms with van der Waals surface area (Å²) < 4.78 is 0. The number of nitrogens with zero attached hydrogens (tertiary/aromatic N) is 1. The largest absolute Gasteiger partial charge is 0.309 e. The van der Waals surface area contributed by atoms with E-state index in [-0.39, 0.29) is 11.7 Å². The highest BCUT2D eigenvalue weighted by molar-refractivity contribution is 6.42. The molecule has 0 heterocycles. The Morgan fingerprint density at radius 3 is 2.55 bits per heavy atom. The van der Waals surface area contributed by atoms with E-state index in [1.807, 2.05) is 26.2 Å². The second kappa shape index (κ2) is 10.0. The lowest BCUT2D eigenvalue weighted by Crippen LogP contribution is -2.27. The molecule has 0 aliphatic heterocycles. The van der Waals surface area contributed by atoms with Crippen molar-refractivity contribution in [1.82, 2.24) is 4.90 Å². The van der Waals surface area contributed by atoms with E-state index in [9.17, 15) is 4.79 Å². The number of carbonyl (C=O) groups is 1. The first-order valence-electron chi connectivity index (χ1n) is 7.75. The maximum atomic E-state index is 12.4. The molecule has 1 atom stereocenters. The molecule has 0 saturated heterocycles. The zero-order valence-electron chi connectivity index (χ0n) is 13.6. The third-order valence-corrected chi connectivity index (χ3v) is 4.27. The van der Waals surface area contributed by atoms with Gasteiger partial charge in [-0.3, -0.25) is 4.79 Å². The van der Waals surface area contributed by atoms with Crippen molar-refractivity contribution in [2.45, 2.75) is 32.6 Å². The van der Waals surface area contributed by atoms with Crippen molar-refractivity contribution < 1.29 is 4.79 Å². The molecular weight excluding hydrogens is 317 g/mol. The van der Waals surface area contributed by atoms with Gasteiger partial charge in [0.15, 0.2) is 5.78 Å². The maximum Gasteiger partial charge on any atom is 0.160 e. The van der Waals surface area contributed by atoms with Crippen molar-refractivity contribution in [2.75, 3.05) is 20.6 Å². The molecule has 1 rings (SSSR count). The van der Waals surface area contributed by atoms with Gasteiger partial charge in [-0.15, -0.1) is 0 Å². The summed E-state index contributed by atoms with van der Waals surface area (Å²) in [6.07, 6.45) is 7.86. The molecule has 0 amide bonds. The molecule has 0 saturated carbocycles. The first-order valence-corrected chi connectivity index (χ1v) is 8.51. The lowest BCUT2D eigenvalue weighted by molar-refractivity contribution is -0.118. The molecule has 0 aliphatic carbocycles. The number of unbranched alkanes of at least 4 members (excludes halogenated alkanes) is 2. The van der Waals surface area contributed by atoms with Crippen LogP contribution in [-0.2, 0) is 4.79 Å². The van der Waals surface area contributed by atoms with Crippen LogP contribution in [0.15, 0.2) is 24.3 Å². The Morgan fingerprint density at radius 1 is 1.23 bits per heavy atom. The van der Waals surface area contributed by atoms with Crippen LogP contribution in [0.4, 0.5) is 0 Å². The highest BCUT2D eigenvalue weighted by Gasteiger charge is 2.16. The van der Waals surface area contributed by atoms with Gasteiger partial charge < -0.3 is 4.90 Å². The zero-order chi connectivity index (χ0) is 16.5. The Labute approximate surface area is 144 Å². The number of hydrogen-bond acceptors (Lipinski definition) is 2. The SMILES string of the molecule is CCCCCC(CN(C)C)C(=O)/C=C/c1ccc(Cl)c(Cl)c1. The van der Waals surface area contributed by atoms with E-state index in [0.717, 1.165) is 24.9 Å². The molecular formula is C18H25Cl2NO. The predicted octanol–water partition coefficient (Wildman–Crippen LogP) is 5.33. The van der Waals surface area contributed by atoms with Crippen molar-refractivity contribution in [3.8, 4) is 0 Å². The number of halogens is 2. The van der Waals surface area contributed by atoms with E-state index in [2.05, 4.69) is 11.8 Å². The fraction of sp³-hybridized carbons (Fsp3) is 0.500. The molecule has 0 spiro atoms. The maximum absolute atomic E-state index is 12.4. The minimum absolute atomic E-state index is 0.0561. The van der Waals surface area contributed by atoms with Crippen molar-refractivity contribution in [3.63, 3.8) is 0 Å². The zero-order valence-corrected chi connectivity index (χ0v) is 15.1. The number of carbonyl (C=O) groups excluding carboxylic acids is 1. The molecule has 1 aromatic carbocycles. The summed E-state index contributed by atoms with van der Waals surface area (Å²) in [6.45, 7) is 2.96. The second-order valence-corrected chi connectivity index (χ2v) is 6.68. The topological polar surface area (TPSA) is 20.3 Å². The molecule has 1 aromatic rings. The van der Waals surface area contributed by atoms with Crippen molar-refractivity contribution in [2.24, 2.45) is 5.92 Å². The summed E-state index contributed by atoms with van der Waals surface area (Å²) in [5.41, 5.74) is 0.889. The van der Waals surface area contributed by atoms with Crippen LogP contribution in [0.3, 0.4) is 0 Å². The van der Waals surface area contributed by atoms with Gasteiger partial charge in [-0.05, 0) is 44.3 Å².